The number of hydrogen-bond donors (Lipinski definition) is 1. The van der Waals surface area contributed by atoms with Gasteiger partial charge in [-0.1, -0.05) is 53.5 Å². The predicted molar refractivity (Wildman–Crippen MR) is 132 cm³/mol. The highest BCUT2D eigenvalue weighted by Gasteiger charge is 2.17. The quantitative estimate of drug-likeness (QED) is 0.304. The first-order valence-corrected chi connectivity index (χ1v) is 11.3. The molecule has 1 amide bonds. The molecule has 34 heavy (non-hydrogen) atoms. The molecular weight excluding hydrogens is 476 g/mol. The van der Waals surface area contributed by atoms with E-state index in [2.05, 4.69) is 10.4 Å². The number of rotatable bonds is 7. The normalized spacial score (nSPS) is 10.9. The van der Waals surface area contributed by atoms with E-state index in [1.54, 1.807) is 54.1 Å². The zero-order chi connectivity index (χ0) is 24.2. The van der Waals surface area contributed by atoms with Crippen LogP contribution in [0.15, 0.2) is 66.7 Å². The summed E-state index contributed by atoms with van der Waals surface area (Å²) in [6.45, 7) is 4.03. The molecule has 1 heterocycles. The molecular formula is C26H22Cl2FN3O2. The van der Waals surface area contributed by atoms with Gasteiger partial charge in [-0.3, -0.25) is 9.48 Å². The van der Waals surface area contributed by atoms with Crippen LogP contribution in [0.3, 0.4) is 0 Å². The lowest BCUT2D eigenvalue weighted by atomic mass is 10.1. The van der Waals surface area contributed by atoms with E-state index in [9.17, 15) is 9.18 Å². The van der Waals surface area contributed by atoms with Crippen molar-refractivity contribution in [3.63, 3.8) is 0 Å². The molecule has 1 aromatic heterocycles. The summed E-state index contributed by atoms with van der Waals surface area (Å²) < 4.78 is 21.6. The molecule has 0 bridgehead atoms. The molecule has 0 aliphatic carbocycles. The maximum atomic E-state index is 14.2. The summed E-state index contributed by atoms with van der Waals surface area (Å²) in [5.74, 6) is -0.108. The topological polar surface area (TPSA) is 56.2 Å². The van der Waals surface area contributed by atoms with E-state index < -0.39 is 5.82 Å². The van der Waals surface area contributed by atoms with Gasteiger partial charge in [-0.05, 0) is 55.8 Å². The lowest BCUT2D eigenvalue weighted by molar-refractivity contribution is 0.102. The van der Waals surface area contributed by atoms with E-state index in [4.69, 9.17) is 27.9 Å². The Morgan fingerprint density at radius 3 is 2.53 bits per heavy atom. The van der Waals surface area contributed by atoms with Crippen molar-refractivity contribution in [1.29, 1.82) is 0 Å². The van der Waals surface area contributed by atoms with E-state index in [1.807, 2.05) is 25.1 Å². The van der Waals surface area contributed by atoms with Crippen LogP contribution in [-0.2, 0) is 13.2 Å². The molecule has 0 spiro atoms. The number of para-hydroxylation sites is 1. The molecule has 4 rings (SSSR count). The van der Waals surface area contributed by atoms with Gasteiger partial charge in [-0.25, -0.2) is 4.39 Å². The summed E-state index contributed by atoms with van der Waals surface area (Å²) in [4.78, 5) is 13.0. The Balaban J connectivity index is 1.49. The number of carbonyl (C=O) groups excluding carboxylic acids is 1. The minimum absolute atomic E-state index is 0.156. The number of halogens is 3. The molecule has 174 valence electrons. The van der Waals surface area contributed by atoms with Gasteiger partial charge in [0.25, 0.3) is 5.91 Å². The molecule has 3 aromatic carbocycles. The molecule has 5 nitrogen and oxygen atoms in total. The van der Waals surface area contributed by atoms with Crippen molar-refractivity contribution in [3.8, 4) is 5.75 Å². The molecule has 0 atom stereocenters. The lowest BCUT2D eigenvalue weighted by Gasteiger charge is -2.10. The van der Waals surface area contributed by atoms with Crippen molar-refractivity contribution in [1.82, 2.24) is 9.78 Å². The van der Waals surface area contributed by atoms with E-state index in [1.165, 1.54) is 6.07 Å². The number of anilines is 1. The molecule has 0 aliphatic heterocycles. The average Bonchev–Trinajstić information content (AvgIpc) is 3.08. The number of nitrogens with zero attached hydrogens (tertiary/aromatic N) is 2. The van der Waals surface area contributed by atoms with Gasteiger partial charge in [-0.2, -0.15) is 5.10 Å². The van der Waals surface area contributed by atoms with Crippen molar-refractivity contribution in [2.45, 2.75) is 27.0 Å². The maximum absolute atomic E-state index is 14.2. The van der Waals surface area contributed by atoms with Crippen LogP contribution in [0.1, 0.15) is 32.9 Å². The van der Waals surface area contributed by atoms with Crippen molar-refractivity contribution in [3.05, 3.63) is 111 Å². The van der Waals surface area contributed by atoms with Gasteiger partial charge in [0.2, 0.25) is 0 Å². The highest BCUT2D eigenvalue weighted by molar-refractivity contribution is 6.32. The fraction of sp³-hybridized carbons (Fsp3) is 0.154. The smallest absolute Gasteiger partial charge is 0.255 e. The summed E-state index contributed by atoms with van der Waals surface area (Å²) >= 11 is 12.3. The van der Waals surface area contributed by atoms with Crippen molar-refractivity contribution in [2.24, 2.45) is 0 Å². The standard InChI is InChI=1S/C26H22Cl2FN3O2/c1-16-25(17(2)32(31-16)14-20-21(27)10-6-11-23(20)29)30-26(33)19-8-5-7-18(13-19)15-34-24-12-4-3-9-22(24)28/h3-13H,14-15H2,1-2H3,(H,30,33). The number of benzene rings is 3. The van der Waals surface area contributed by atoms with Gasteiger partial charge >= 0.3 is 0 Å². The van der Waals surface area contributed by atoms with E-state index in [0.29, 0.717) is 44.0 Å². The monoisotopic (exact) mass is 497 g/mol. The SMILES string of the molecule is Cc1nn(Cc2c(F)cccc2Cl)c(C)c1NC(=O)c1cccc(COc2ccccc2Cl)c1. The molecule has 0 saturated carbocycles. The number of aryl methyl sites for hydroxylation is 1. The van der Waals surface area contributed by atoms with E-state index >= 15 is 0 Å². The van der Waals surface area contributed by atoms with Crippen LogP contribution in [0.25, 0.3) is 0 Å². The van der Waals surface area contributed by atoms with Crippen LogP contribution < -0.4 is 10.1 Å². The predicted octanol–water partition coefficient (Wildman–Crippen LogP) is 6.83. The molecule has 4 aromatic rings. The number of nitrogens with one attached hydrogen (secondary N) is 1. The summed E-state index contributed by atoms with van der Waals surface area (Å²) in [6, 6.07) is 18.9. The molecule has 8 heteroatoms. The van der Waals surface area contributed by atoms with Crippen LogP contribution in [-0.4, -0.2) is 15.7 Å². The Morgan fingerprint density at radius 2 is 1.76 bits per heavy atom. The van der Waals surface area contributed by atoms with Crippen molar-refractivity contribution in [2.75, 3.05) is 5.32 Å². The summed E-state index contributed by atoms with van der Waals surface area (Å²) in [7, 11) is 0. The van der Waals surface area contributed by atoms with Gasteiger partial charge < -0.3 is 10.1 Å². The van der Waals surface area contributed by atoms with Crippen molar-refractivity contribution >= 4 is 34.8 Å². The number of aromatic nitrogens is 2. The Morgan fingerprint density at radius 1 is 1.03 bits per heavy atom. The number of ether oxygens (including phenoxy) is 1. The molecule has 0 aliphatic rings. The highest BCUT2D eigenvalue weighted by Crippen LogP contribution is 2.26. The van der Waals surface area contributed by atoms with Crippen LogP contribution in [0.4, 0.5) is 10.1 Å². The molecule has 0 radical (unpaired) electrons. The van der Waals surface area contributed by atoms with E-state index in [0.717, 1.165) is 5.56 Å². The third kappa shape index (κ3) is 5.24. The summed E-state index contributed by atoms with van der Waals surface area (Å²) in [6.07, 6.45) is 0. The zero-order valence-electron chi connectivity index (χ0n) is 18.6. The van der Waals surface area contributed by atoms with Gasteiger partial charge in [-0.15, -0.1) is 0 Å². The molecule has 1 N–H and O–H groups in total. The van der Waals surface area contributed by atoms with Gasteiger partial charge in [0.1, 0.15) is 18.2 Å². The third-order valence-corrected chi connectivity index (χ3v) is 6.08. The Labute approximate surface area is 207 Å². The van der Waals surface area contributed by atoms with Crippen LogP contribution >= 0.6 is 23.2 Å². The first-order valence-electron chi connectivity index (χ1n) is 10.6. The van der Waals surface area contributed by atoms with Gasteiger partial charge in [0.05, 0.1) is 28.6 Å². The maximum Gasteiger partial charge on any atom is 0.255 e. The minimum Gasteiger partial charge on any atom is -0.487 e. The Kier molecular flexibility index (Phi) is 7.20. The van der Waals surface area contributed by atoms with Gasteiger partial charge in [0.15, 0.2) is 0 Å². The van der Waals surface area contributed by atoms with Crippen LogP contribution in [0.5, 0.6) is 5.75 Å². The number of amides is 1. The first-order chi connectivity index (χ1) is 16.3. The largest absolute Gasteiger partial charge is 0.487 e. The second kappa shape index (κ2) is 10.3. The fourth-order valence-electron chi connectivity index (χ4n) is 3.58. The number of carbonyl (C=O) groups is 1. The minimum atomic E-state index is -0.401. The van der Waals surface area contributed by atoms with Crippen LogP contribution in [0.2, 0.25) is 10.0 Å². The summed E-state index contributed by atoms with van der Waals surface area (Å²) in [5, 5.41) is 8.25. The summed E-state index contributed by atoms with van der Waals surface area (Å²) in [5.41, 5.74) is 3.55. The van der Waals surface area contributed by atoms with Crippen LogP contribution in [0, 0.1) is 19.7 Å². The van der Waals surface area contributed by atoms with Crippen molar-refractivity contribution < 1.29 is 13.9 Å². The highest BCUT2D eigenvalue weighted by atomic mass is 35.5. The average molecular weight is 498 g/mol. The Bertz CT molecular complexity index is 1330. The van der Waals surface area contributed by atoms with E-state index in [-0.39, 0.29) is 19.1 Å². The first kappa shape index (κ1) is 23.8. The second-order valence-electron chi connectivity index (χ2n) is 7.78. The molecule has 0 fully saturated rings. The zero-order valence-corrected chi connectivity index (χ0v) is 20.1. The Hall–Kier alpha value is -3.35. The number of hydrogen-bond acceptors (Lipinski definition) is 3. The fourth-order valence-corrected chi connectivity index (χ4v) is 3.99. The molecule has 0 saturated heterocycles. The van der Waals surface area contributed by atoms with Gasteiger partial charge in [0, 0.05) is 16.1 Å². The second-order valence-corrected chi connectivity index (χ2v) is 8.59. The molecule has 0 unspecified atom stereocenters. The lowest BCUT2D eigenvalue weighted by Crippen LogP contribution is -2.14. The third-order valence-electron chi connectivity index (χ3n) is 5.41.